The lowest BCUT2D eigenvalue weighted by atomic mass is 9.94. The lowest BCUT2D eigenvalue weighted by molar-refractivity contribution is 1.02. The van der Waals surface area contributed by atoms with Crippen LogP contribution in [0.25, 0.3) is 0 Å². The number of benzene rings is 1. The Morgan fingerprint density at radius 2 is 2.36 bits per heavy atom. The molecule has 0 spiro atoms. The first-order chi connectivity index (χ1) is 6.86. The Morgan fingerprint density at radius 1 is 1.50 bits per heavy atom. The molecule has 0 radical (unpaired) electrons. The molecule has 1 heterocycles. The van der Waals surface area contributed by atoms with Gasteiger partial charge < -0.3 is 0 Å². The van der Waals surface area contributed by atoms with Crippen molar-refractivity contribution in [3.63, 3.8) is 0 Å². The topological polar surface area (TPSA) is 23.8 Å². The van der Waals surface area contributed by atoms with Gasteiger partial charge in [-0.25, -0.2) is 0 Å². The minimum absolute atomic E-state index is 0.869. The van der Waals surface area contributed by atoms with Gasteiger partial charge in [0.05, 0.1) is 11.6 Å². The second kappa shape index (κ2) is 4.06. The molecule has 0 N–H and O–H groups in total. The number of nitrogens with zero attached hydrogens (tertiary/aromatic N) is 1. The van der Waals surface area contributed by atoms with Crippen LogP contribution < -0.4 is 0 Å². The molecule has 0 fully saturated rings. The van der Waals surface area contributed by atoms with Gasteiger partial charge in [0.2, 0.25) is 0 Å². The van der Waals surface area contributed by atoms with Gasteiger partial charge in [-0.05, 0) is 41.4 Å². The van der Waals surface area contributed by atoms with Gasteiger partial charge in [0.1, 0.15) is 0 Å². The molecule has 0 unspecified atom stereocenters. The predicted molar refractivity (Wildman–Crippen MR) is 60.4 cm³/mol. The quantitative estimate of drug-likeness (QED) is 0.700. The molecule has 2 heteroatoms. The molecule has 1 aliphatic rings. The highest BCUT2D eigenvalue weighted by Gasteiger charge is 2.15. The number of hydrogen-bond acceptors (Lipinski definition) is 2. The summed E-state index contributed by atoms with van der Waals surface area (Å²) < 4.78 is 0. The molecule has 1 aromatic carbocycles. The van der Waals surface area contributed by atoms with Crippen molar-refractivity contribution in [3.05, 3.63) is 34.4 Å². The van der Waals surface area contributed by atoms with Crippen LogP contribution in [0.2, 0.25) is 0 Å². The van der Waals surface area contributed by atoms with Crippen LogP contribution in [-0.4, -0.2) is 5.75 Å². The monoisotopic (exact) mass is 203 g/mol. The van der Waals surface area contributed by atoms with Crippen molar-refractivity contribution in [1.82, 2.24) is 0 Å². The van der Waals surface area contributed by atoms with Gasteiger partial charge in [0, 0.05) is 5.75 Å². The first-order valence-corrected chi connectivity index (χ1v) is 6.13. The third-order valence-corrected chi connectivity index (χ3v) is 3.75. The lowest BCUT2D eigenvalue weighted by Gasteiger charge is -2.19. The summed E-state index contributed by atoms with van der Waals surface area (Å²) in [4.78, 5) is 0. The zero-order valence-corrected chi connectivity index (χ0v) is 9.16. The van der Waals surface area contributed by atoms with Gasteiger partial charge >= 0.3 is 0 Å². The van der Waals surface area contributed by atoms with Gasteiger partial charge in [-0.15, -0.1) is 0 Å². The maximum Gasteiger partial charge on any atom is 0.0994 e. The first kappa shape index (κ1) is 9.61. The van der Waals surface area contributed by atoms with Gasteiger partial charge in [0.15, 0.2) is 0 Å². The van der Waals surface area contributed by atoms with Gasteiger partial charge in [0.25, 0.3) is 0 Å². The van der Waals surface area contributed by atoms with E-state index in [9.17, 15) is 0 Å². The average Bonchev–Trinajstić information content (AvgIpc) is 2.27. The number of aryl methyl sites for hydroxylation is 1. The number of thioether (sulfide) groups is 1. The standard InChI is InChI=1S/C12H13NS/c1-2-11-10(7-13)4-3-9-5-6-14-8-12(9)11/h3-4H,2,5-6,8H2,1H3. The normalized spacial score (nSPS) is 14.6. The number of nitriles is 1. The summed E-state index contributed by atoms with van der Waals surface area (Å²) >= 11 is 1.98. The van der Waals surface area contributed by atoms with Crippen LogP contribution >= 0.6 is 11.8 Å². The summed E-state index contributed by atoms with van der Waals surface area (Å²) in [6.45, 7) is 2.13. The molecule has 1 aliphatic heterocycles. The predicted octanol–water partition coefficient (Wildman–Crippen LogP) is 2.91. The van der Waals surface area contributed by atoms with Crippen molar-refractivity contribution < 1.29 is 0 Å². The Labute approximate surface area is 89.1 Å². The van der Waals surface area contributed by atoms with E-state index in [0.29, 0.717) is 0 Å². The SMILES string of the molecule is CCc1c(C#N)ccc2c1CSCC2. The highest BCUT2D eigenvalue weighted by molar-refractivity contribution is 7.98. The van der Waals surface area contributed by atoms with Crippen molar-refractivity contribution in [3.8, 4) is 6.07 Å². The fraction of sp³-hybridized carbons (Fsp3) is 0.417. The fourth-order valence-corrected chi connectivity index (χ4v) is 3.09. The summed E-state index contributed by atoms with van der Waals surface area (Å²) in [5, 5.41) is 8.99. The second-order valence-electron chi connectivity index (χ2n) is 3.50. The van der Waals surface area contributed by atoms with Crippen LogP contribution in [0.3, 0.4) is 0 Å². The molecule has 14 heavy (non-hydrogen) atoms. The van der Waals surface area contributed by atoms with Crippen LogP contribution in [0.5, 0.6) is 0 Å². The van der Waals surface area contributed by atoms with Crippen molar-refractivity contribution in [2.45, 2.75) is 25.5 Å². The highest BCUT2D eigenvalue weighted by atomic mass is 32.2. The molecule has 0 amide bonds. The Balaban J connectivity index is 2.57. The third-order valence-electron chi connectivity index (χ3n) is 2.76. The molecule has 1 aromatic rings. The maximum absolute atomic E-state index is 8.99. The van der Waals surface area contributed by atoms with Crippen LogP contribution in [-0.2, 0) is 18.6 Å². The molecule has 0 atom stereocenters. The van der Waals surface area contributed by atoms with E-state index in [2.05, 4.69) is 19.1 Å². The summed E-state index contributed by atoms with van der Waals surface area (Å²) in [7, 11) is 0. The minimum Gasteiger partial charge on any atom is -0.192 e. The smallest absolute Gasteiger partial charge is 0.0994 e. The number of hydrogen-bond donors (Lipinski definition) is 0. The summed E-state index contributed by atoms with van der Waals surface area (Å²) in [5.41, 5.74) is 5.04. The highest BCUT2D eigenvalue weighted by Crippen LogP contribution is 2.29. The average molecular weight is 203 g/mol. The Morgan fingerprint density at radius 3 is 3.07 bits per heavy atom. The molecule has 0 aromatic heterocycles. The Kier molecular flexibility index (Phi) is 2.79. The van der Waals surface area contributed by atoms with E-state index in [-0.39, 0.29) is 0 Å². The molecular formula is C12H13NS. The molecule has 0 saturated heterocycles. The van der Waals surface area contributed by atoms with Crippen molar-refractivity contribution in [2.24, 2.45) is 0 Å². The number of rotatable bonds is 1. The summed E-state index contributed by atoms with van der Waals surface area (Å²) in [5.74, 6) is 2.32. The van der Waals surface area contributed by atoms with Gasteiger partial charge in [-0.2, -0.15) is 17.0 Å². The van der Waals surface area contributed by atoms with Crippen molar-refractivity contribution in [1.29, 1.82) is 5.26 Å². The van der Waals surface area contributed by atoms with E-state index in [0.717, 1.165) is 17.7 Å². The second-order valence-corrected chi connectivity index (χ2v) is 4.60. The summed E-state index contributed by atoms with van der Waals surface area (Å²) in [6, 6.07) is 6.40. The molecule has 0 saturated carbocycles. The molecule has 1 nitrogen and oxygen atoms in total. The molecule has 0 aliphatic carbocycles. The maximum atomic E-state index is 8.99. The van der Waals surface area contributed by atoms with Crippen LogP contribution in [0.15, 0.2) is 12.1 Å². The van der Waals surface area contributed by atoms with E-state index >= 15 is 0 Å². The fourth-order valence-electron chi connectivity index (χ4n) is 2.02. The van der Waals surface area contributed by atoms with Crippen LogP contribution in [0.1, 0.15) is 29.2 Å². The van der Waals surface area contributed by atoms with Gasteiger partial charge in [-0.3, -0.25) is 0 Å². The third kappa shape index (κ3) is 1.53. The zero-order valence-electron chi connectivity index (χ0n) is 8.34. The lowest BCUT2D eigenvalue weighted by Crippen LogP contribution is -2.07. The minimum atomic E-state index is 0.869. The van der Waals surface area contributed by atoms with E-state index in [1.165, 1.54) is 28.9 Å². The molecule has 2 rings (SSSR count). The summed E-state index contributed by atoms with van der Waals surface area (Å²) in [6.07, 6.45) is 2.14. The van der Waals surface area contributed by atoms with Crippen LogP contribution in [0.4, 0.5) is 0 Å². The molecule has 0 bridgehead atoms. The van der Waals surface area contributed by atoms with E-state index in [4.69, 9.17) is 5.26 Å². The van der Waals surface area contributed by atoms with Gasteiger partial charge in [-0.1, -0.05) is 13.0 Å². The van der Waals surface area contributed by atoms with Crippen molar-refractivity contribution in [2.75, 3.05) is 5.75 Å². The number of fused-ring (bicyclic) bond motifs is 1. The first-order valence-electron chi connectivity index (χ1n) is 4.98. The molecular weight excluding hydrogens is 190 g/mol. The Bertz CT molecular complexity index is 390. The van der Waals surface area contributed by atoms with E-state index in [1.807, 2.05) is 17.8 Å². The van der Waals surface area contributed by atoms with E-state index < -0.39 is 0 Å². The zero-order chi connectivity index (χ0) is 9.97. The van der Waals surface area contributed by atoms with E-state index in [1.54, 1.807) is 0 Å². The van der Waals surface area contributed by atoms with Crippen molar-refractivity contribution >= 4 is 11.8 Å². The largest absolute Gasteiger partial charge is 0.192 e. The molecule has 72 valence electrons. The Hall–Kier alpha value is -0.940. The van der Waals surface area contributed by atoms with Crippen LogP contribution in [0, 0.1) is 11.3 Å².